The molecule has 11 heteroatoms. The molecule has 2 bridgehead atoms. The SMILES string of the molecule is C#CC[C@@H](N)C(=O)C(C)(C)C[C@@H]1Cc2cn(nn2)CCCC[C@@H](C(=O)N[C@H](CCSC)C(=O)NC)CCCCCCC1=O. The van der Waals surface area contributed by atoms with Gasteiger partial charge in [0.1, 0.15) is 11.8 Å². The van der Waals surface area contributed by atoms with Crippen LogP contribution in [0.25, 0.3) is 0 Å². The number of fused-ring (bicyclic) bond motifs is 2. The van der Waals surface area contributed by atoms with E-state index in [0.717, 1.165) is 62.8 Å². The van der Waals surface area contributed by atoms with Crippen molar-refractivity contribution in [2.75, 3.05) is 19.1 Å². The van der Waals surface area contributed by atoms with Crippen LogP contribution in [-0.4, -0.2) is 69.5 Å². The molecule has 1 aromatic heterocycles. The third-order valence-electron chi connectivity index (χ3n) is 8.37. The van der Waals surface area contributed by atoms with Crippen molar-refractivity contribution >= 4 is 35.1 Å². The molecule has 240 valence electrons. The molecule has 0 aromatic carbocycles. The molecule has 1 aliphatic rings. The number of nitrogens with one attached hydrogen (secondary N) is 2. The van der Waals surface area contributed by atoms with Gasteiger partial charge in [0, 0.05) is 56.3 Å². The molecule has 0 saturated carbocycles. The van der Waals surface area contributed by atoms with Gasteiger partial charge in [-0.25, -0.2) is 0 Å². The number of terminal acetylenes is 1. The summed E-state index contributed by atoms with van der Waals surface area (Å²) in [5, 5.41) is 14.3. The van der Waals surface area contributed by atoms with E-state index < -0.39 is 17.5 Å². The van der Waals surface area contributed by atoms with Crippen molar-refractivity contribution in [3.05, 3.63) is 11.9 Å². The number of nitrogens with zero attached hydrogens (tertiary/aromatic N) is 3. The number of aromatic nitrogens is 3. The first-order valence-corrected chi connectivity index (χ1v) is 17.1. The van der Waals surface area contributed by atoms with E-state index in [4.69, 9.17) is 12.2 Å². The Kier molecular flexibility index (Phi) is 16.0. The normalized spacial score (nSPS) is 20.7. The van der Waals surface area contributed by atoms with Gasteiger partial charge in [0.05, 0.1) is 11.7 Å². The lowest BCUT2D eigenvalue weighted by Crippen LogP contribution is -2.48. The summed E-state index contributed by atoms with van der Waals surface area (Å²) in [6.45, 7) is 4.33. The Bertz CT molecular complexity index is 1100. The molecule has 2 heterocycles. The van der Waals surface area contributed by atoms with Crippen molar-refractivity contribution in [1.82, 2.24) is 25.6 Å². The summed E-state index contributed by atoms with van der Waals surface area (Å²) in [6.07, 6.45) is 17.8. The van der Waals surface area contributed by atoms with Crippen LogP contribution in [0.2, 0.25) is 0 Å². The van der Waals surface area contributed by atoms with Gasteiger partial charge < -0.3 is 16.4 Å². The van der Waals surface area contributed by atoms with Gasteiger partial charge in [-0.2, -0.15) is 11.8 Å². The molecule has 0 saturated heterocycles. The number of hydrogen-bond donors (Lipinski definition) is 3. The Morgan fingerprint density at radius 2 is 1.88 bits per heavy atom. The highest BCUT2D eigenvalue weighted by molar-refractivity contribution is 7.98. The van der Waals surface area contributed by atoms with E-state index in [1.807, 2.05) is 26.3 Å². The van der Waals surface area contributed by atoms with Crippen LogP contribution in [0.4, 0.5) is 0 Å². The monoisotopic (exact) mass is 616 g/mol. The van der Waals surface area contributed by atoms with Gasteiger partial charge in [-0.15, -0.1) is 17.4 Å². The van der Waals surface area contributed by atoms with Crippen molar-refractivity contribution in [2.24, 2.45) is 23.0 Å². The molecule has 2 amide bonds. The third-order valence-corrected chi connectivity index (χ3v) is 9.02. The molecule has 4 N–H and O–H groups in total. The largest absolute Gasteiger partial charge is 0.357 e. The molecule has 0 spiro atoms. The van der Waals surface area contributed by atoms with Gasteiger partial charge in [0.2, 0.25) is 11.8 Å². The predicted octanol–water partition coefficient (Wildman–Crippen LogP) is 3.47. The highest BCUT2D eigenvalue weighted by Crippen LogP contribution is 2.31. The minimum absolute atomic E-state index is 0.0622. The fourth-order valence-corrected chi connectivity index (χ4v) is 6.29. The number of ketones is 2. The second-order valence-corrected chi connectivity index (χ2v) is 13.4. The molecule has 1 aliphatic heterocycles. The Hall–Kier alpha value is -2.71. The molecule has 0 radical (unpaired) electrons. The minimum atomic E-state index is -0.798. The Balaban J connectivity index is 2.11. The predicted molar refractivity (Wildman–Crippen MR) is 171 cm³/mol. The van der Waals surface area contributed by atoms with Crippen LogP contribution in [0, 0.1) is 29.6 Å². The van der Waals surface area contributed by atoms with E-state index in [1.165, 1.54) is 0 Å². The first-order chi connectivity index (χ1) is 20.5. The fourth-order valence-electron chi connectivity index (χ4n) is 5.82. The zero-order valence-corrected chi connectivity index (χ0v) is 27.3. The van der Waals surface area contributed by atoms with Gasteiger partial charge in [-0.05, 0) is 50.5 Å². The van der Waals surface area contributed by atoms with E-state index >= 15 is 0 Å². The smallest absolute Gasteiger partial charge is 0.242 e. The summed E-state index contributed by atoms with van der Waals surface area (Å²) < 4.78 is 1.78. The number of thioether (sulfide) groups is 1. The maximum absolute atomic E-state index is 13.5. The van der Waals surface area contributed by atoms with E-state index in [-0.39, 0.29) is 41.6 Å². The summed E-state index contributed by atoms with van der Waals surface area (Å²) >= 11 is 1.65. The van der Waals surface area contributed by atoms with Crippen molar-refractivity contribution in [2.45, 2.75) is 116 Å². The number of aryl methyl sites for hydroxylation is 1. The molecule has 0 aliphatic carbocycles. The number of carbonyl (C=O) groups excluding carboxylic acids is 4. The molecule has 1 aromatic rings. The Labute approximate surface area is 261 Å². The molecular formula is C32H52N6O4S. The van der Waals surface area contributed by atoms with Gasteiger partial charge in [-0.1, -0.05) is 44.7 Å². The van der Waals surface area contributed by atoms with Gasteiger partial charge in [0.15, 0.2) is 5.78 Å². The summed E-state index contributed by atoms with van der Waals surface area (Å²) in [6, 6.07) is -1.28. The average molecular weight is 617 g/mol. The highest BCUT2D eigenvalue weighted by Gasteiger charge is 2.36. The fraction of sp³-hybridized carbons (Fsp3) is 0.750. The van der Waals surface area contributed by atoms with E-state index in [1.54, 1.807) is 23.5 Å². The number of nitrogens with two attached hydrogens (primary N) is 1. The number of rotatable bonds is 11. The zero-order chi connectivity index (χ0) is 31.8. The van der Waals surface area contributed by atoms with Crippen molar-refractivity contribution in [3.63, 3.8) is 0 Å². The van der Waals surface area contributed by atoms with Gasteiger partial charge in [-0.3, -0.25) is 23.9 Å². The van der Waals surface area contributed by atoms with Crippen LogP contribution in [-0.2, 0) is 32.1 Å². The maximum Gasteiger partial charge on any atom is 0.242 e. The molecule has 0 fully saturated rings. The van der Waals surface area contributed by atoms with Crippen LogP contribution in [0.5, 0.6) is 0 Å². The Morgan fingerprint density at radius 1 is 1.19 bits per heavy atom. The molecule has 10 nitrogen and oxygen atoms in total. The van der Waals surface area contributed by atoms with Crippen molar-refractivity contribution in [3.8, 4) is 12.3 Å². The number of Topliss-reactive ketones (excluding diaryl/α,β-unsaturated/α-hetero) is 2. The average Bonchev–Trinajstić information content (AvgIpc) is 3.43. The van der Waals surface area contributed by atoms with Gasteiger partial charge in [0.25, 0.3) is 0 Å². The number of hydrogen-bond acceptors (Lipinski definition) is 8. The van der Waals surface area contributed by atoms with Crippen LogP contribution < -0.4 is 16.4 Å². The molecular weight excluding hydrogens is 564 g/mol. The summed E-state index contributed by atoms with van der Waals surface area (Å²) in [5.41, 5.74) is 5.97. The lowest BCUT2D eigenvalue weighted by molar-refractivity contribution is -0.131. The van der Waals surface area contributed by atoms with E-state index in [0.29, 0.717) is 32.2 Å². The number of carbonyl (C=O) groups is 4. The molecule has 4 atom stereocenters. The minimum Gasteiger partial charge on any atom is -0.357 e. The van der Waals surface area contributed by atoms with Crippen LogP contribution >= 0.6 is 11.8 Å². The second kappa shape index (κ2) is 18.8. The quantitative estimate of drug-likeness (QED) is 0.320. The van der Waals surface area contributed by atoms with E-state index in [2.05, 4.69) is 26.9 Å². The Morgan fingerprint density at radius 3 is 2.56 bits per heavy atom. The van der Waals surface area contributed by atoms with Crippen LogP contribution in [0.15, 0.2) is 6.20 Å². The van der Waals surface area contributed by atoms with Crippen LogP contribution in [0.1, 0.15) is 96.6 Å². The van der Waals surface area contributed by atoms with Crippen molar-refractivity contribution in [1.29, 1.82) is 0 Å². The summed E-state index contributed by atoms with van der Waals surface area (Å²) in [4.78, 5) is 52.2. The van der Waals surface area contributed by atoms with Gasteiger partial charge >= 0.3 is 0 Å². The lowest BCUT2D eigenvalue weighted by atomic mass is 9.74. The second-order valence-electron chi connectivity index (χ2n) is 12.4. The number of amides is 2. The maximum atomic E-state index is 13.5. The topological polar surface area (TPSA) is 149 Å². The lowest BCUT2D eigenvalue weighted by Gasteiger charge is -2.29. The number of likely N-dealkylation sites (N-methyl/N-ethyl adjacent to an activating group) is 1. The third kappa shape index (κ3) is 12.4. The standard InChI is InChI=1S/C32H52N6O4S/c1-6-13-26(33)29(40)32(2,3)21-24-20-25-22-38(37-36-25)18-12-11-15-23(14-9-7-8-10-16-28(24)39)30(41)35-27(17-19-43-5)31(42)34-4/h1,22-24,26-27H,7-21,33H2,2-5H3,(H,34,42)(H,35,41)/t23-,24-,26+,27+/m0/s1. The van der Waals surface area contributed by atoms with Crippen LogP contribution in [0.3, 0.4) is 0 Å². The first kappa shape index (κ1) is 36.5. The first-order valence-electron chi connectivity index (χ1n) is 15.7. The molecule has 0 unspecified atom stereocenters. The highest BCUT2D eigenvalue weighted by atomic mass is 32.2. The summed E-state index contributed by atoms with van der Waals surface area (Å²) in [5.74, 6) is 2.47. The summed E-state index contributed by atoms with van der Waals surface area (Å²) in [7, 11) is 1.59. The molecule has 2 rings (SSSR count). The van der Waals surface area contributed by atoms with E-state index in [9.17, 15) is 19.2 Å². The van der Waals surface area contributed by atoms with Crippen molar-refractivity contribution < 1.29 is 19.2 Å². The zero-order valence-electron chi connectivity index (χ0n) is 26.5. The molecule has 43 heavy (non-hydrogen) atoms.